The van der Waals surface area contributed by atoms with Crippen molar-refractivity contribution in [3.8, 4) is 0 Å². The van der Waals surface area contributed by atoms with Gasteiger partial charge in [0.25, 0.3) is 5.91 Å². The van der Waals surface area contributed by atoms with Crippen LogP contribution in [0, 0.1) is 11.7 Å². The number of carboxylic acids is 1. The number of carbonyl (C=O) groups is 2. The third-order valence-corrected chi connectivity index (χ3v) is 2.73. The number of nitrogens with zero attached hydrogens (tertiary/aromatic N) is 1. The Hall–Kier alpha value is -1.98. The summed E-state index contributed by atoms with van der Waals surface area (Å²) in [5.41, 5.74) is 0.166. The number of carbonyl (C=O) groups excluding carboxylic acids is 1. The normalized spacial score (nSPS) is 11.9. The molecular formula is C13H17FN2O3. The van der Waals surface area contributed by atoms with Gasteiger partial charge in [0.2, 0.25) is 0 Å². The summed E-state index contributed by atoms with van der Waals surface area (Å²) in [6.07, 6.45) is 2.40. The molecule has 1 unspecified atom stereocenters. The van der Waals surface area contributed by atoms with E-state index >= 15 is 0 Å². The Balaban J connectivity index is 2.27. The van der Waals surface area contributed by atoms with Crippen LogP contribution in [0.4, 0.5) is 4.39 Å². The van der Waals surface area contributed by atoms with Gasteiger partial charge in [-0.05, 0) is 30.9 Å². The molecule has 19 heavy (non-hydrogen) atoms. The summed E-state index contributed by atoms with van der Waals surface area (Å²) in [7, 11) is 0. The maximum Gasteiger partial charge on any atom is 0.303 e. The van der Waals surface area contributed by atoms with E-state index in [0.29, 0.717) is 19.4 Å². The first-order chi connectivity index (χ1) is 8.99. The molecule has 1 aromatic heterocycles. The van der Waals surface area contributed by atoms with Crippen molar-refractivity contribution in [3.05, 3.63) is 29.8 Å². The third kappa shape index (κ3) is 5.94. The van der Waals surface area contributed by atoms with E-state index in [1.54, 1.807) is 0 Å². The number of hydrogen-bond acceptors (Lipinski definition) is 3. The summed E-state index contributed by atoms with van der Waals surface area (Å²) in [5.74, 6) is -1.44. The van der Waals surface area contributed by atoms with Crippen molar-refractivity contribution >= 4 is 11.9 Å². The molecule has 0 bridgehead atoms. The predicted molar refractivity (Wildman–Crippen MR) is 67.2 cm³/mol. The zero-order valence-electron chi connectivity index (χ0n) is 10.7. The Morgan fingerprint density at radius 1 is 1.42 bits per heavy atom. The number of hydrogen-bond donors (Lipinski definition) is 2. The topological polar surface area (TPSA) is 79.3 Å². The summed E-state index contributed by atoms with van der Waals surface area (Å²) >= 11 is 0. The Labute approximate surface area is 110 Å². The molecule has 0 radical (unpaired) electrons. The molecule has 0 aliphatic carbocycles. The fraction of sp³-hybridized carbons (Fsp3) is 0.462. The van der Waals surface area contributed by atoms with Gasteiger partial charge < -0.3 is 10.4 Å². The van der Waals surface area contributed by atoms with Crippen LogP contribution in [0.3, 0.4) is 0 Å². The van der Waals surface area contributed by atoms with Crippen molar-refractivity contribution in [2.45, 2.75) is 26.2 Å². The van der Waals surface area contributed by atoms with Crippen LogP contribution >= 0.6 is 0 Å². The van der Waals surface area contributed by atoms with Gasteiger partial charge in [0.15, 0.2) is 0 Å². The van der Waals surface area contributed by atoms with E-state index in [4.69, 9.17) is 5.11 Å². The van der Waals surface area contributed by atoms with Crippen molar-refractivity contribution in [2.75, 3.05) is 6.54 Å². The van der Waals surface area contributed by atoms with Crippen molar-refractivity contribution in [1.29, 1.82) is 0 Å². The fourth-order valence-electron chi connectivity index (χ4n) is 1.55. The largest absolute Gasteiger partial charge is 0.481 e. The number of aliphatic carboxylic acids is 1. The monoisotopic (exact) mass is 268 g/mol. The lowest BCUT2D eigenvalue weighted by atomic mass is 10.0. The number of halogens is 1. The van der Waals surface area contributed by atoms with E-state index in [1.807, 2.05) is 6.92 Å². The van der Waals surface area contributed by atoms with Crippen LogP contribution in [0.5, 0.6) is 0 Å². The molecule has 0 spiro atoms. The average Bonchev–Trinajstić information content (AvgIpc) is 2.37. The summed E-state index contributed by atoms with van der Waals surface area (Å²) in [5, 5.41) is 11.2. The zero-order chi connectivity index (χ0) is 14.3. The van der Waals surface area contributed by atoms with E-state index in [9.17, 15) is 14.0 Å². The molecule has 1 atom stereocenters. The van der Waals surface area contributed by atoms with Crippen LogP contribution in [-0.4, -0.2) is 28.5 Å². The second-order valence-corrected chi connectivity index (χ2v) is 4.44. The minimum Gasteiger partial charge on any atom is -0.481 e. The lowest BCUT2D eigenvalue weighted by molar-refractivity contribution is -0.137. The molecule has 1 amide bonds. The van der Waals surface area contributed by atoms with Gasteiger partial charge >= 0.3 is 5.97 Å². The number of nitrogens with one attached hydrogen (secondary N) is 1. The van der Waals surface area contributed by atoms with Gasteiger partial charge in [-0.25, -0.2) is 9.37 Å². The quantitative estimate of drug-likeness (QED) is 0.790. The second-order valence-electron chi connectivity index (χ2n) is 4.44. The highest BCUT2D eigenvalue weighted by molar-refractivity contribution is 5.92. The van der Waals surface area contributed by atoms with Crippen molar-refractivity contribution in [1.82, 2.24) is 10.3 Å². The molecule has 5 nitrogen and oxygen atoms in total. The molecule has 0 aromatic carbocycles. The van der Waals surface area contributed by atoms with Crippen molar-refractivity contribution in [3.63, 3.8) is 0 Å². The van der Waals surface area contributed by atoms with Gasteiger partial charge in [-0.2, -0.15) is 0 Å². The summed E-state index contributed by atoms with van der Waals surface area (Å²) in [6.45, 7) is 2.38. The molecule has 0 aliphatic rings. The zero-order valence-corrected chi connectivity index (χ0v) is 10.7. The first-order valence-corrected chi connectivity index (χ1v) is 6.10. The number of aromatic nitrogens is 1. The Morgan fingerprint density at radius 3 is 2.74 bits per heavy atom. The van der Waals surface area contributed by atoms with E-state index < -0.39 is 11.8 Å². The smallest absolute Gasteiger partial charge is 0.303 e. The van der Waals surface area contributed by atoms with Gasteiger partial charge in [-0.1, -0.05) is 6.92 Å². The van der Waals surface area contributed by atoms with E-state index in [2.05, 4.69) is 10.3 Å². The molecule has 0 saturated carbocycles. The van der Waals surface area contributed by atoms with Gasteiger partial charge in [-0.3, -0.25) is 9.59 Å². The SMILES string of the molecule is CC(CCNC(=O)c1ccc(F)cn1)CCC(=O)O. The minimum atomic E-state index is -0.814. The molecule has 1 aromatic rings. The number of pyridine rings is 1. The van der Waals surface area contributed by atoms with Crippen LogP contribution in [0.2, 0.25) is 0 Å². The Kier molecular flexibility index (Phi) is 5.92. The highest BCUT2D eigenvalue weighted by Gasteiger charge is 2.09. The second kappa shape index (κ2) is 7.45. The maximum absolute atomic E-state index is 12.6. The maximum atomic E-state index is 12.6. The van der Waals surface area contributed by atoms with Crippen LogP contribution in [0.25, 0.3) is 0 Å². The molecular weight excluding hydrogens is 251 g/mol. The van der Waals surface area contributed by atoms with Crippen LogP contribution in [0.1, 0.15) is 36.7 Å². The lowest BCUT2D eigenvalue weighted by Gasteiger charge is -2.10. The van der Waals surface area contributed by atoms with Crippen molar-refractivity contribution < 1.29 is 19.1 Å². The summed E-state index contributed by atoms with van der Waals surface area (Å²) in [6, 6.07) is 2.50. The Bertz CT molecular complexity index is 434. The highest BCUT2D eigenvalue weighted by atomic mass is 19.1. The van der Waals surface area contributed by atoms with E-state index in [-0.39, 0.29) is 23.9 Å². The van der Waals surface area contributed by atoms with Gasteiger partial charge in [0.05, 0.1) is 6.20 Å². The van der Waals surface area contributed by atoms with Gasteiger partial charge in [0, 0.05) is 13.0 Å². The third-order valence-electron chi connectivity index (χ3n) is 2.73. The van der Waals surface area contributed by atoms with Crippen LogP contribution in [-0.2, 0) is 4.79 Å². The molecule has 1 heterocycles. The molecule has 0 saturated heterocycles. The average molecular weight is 268 g/mol. The standard InChI is InChI=1S/C13H17FN2O3/c1-9(2-5-12(17)18)6-7-15-13(19)11-4-3-10(14)8-16-11/h3-4,8-9H,2,5-7H2,1H3,(H,15,19)(H,17,18). The van der Waals surface area contributed by atoms with E-state index in [1.165, 1.54) is 12.1 Å². The molecule has 104 valence electrons. The first-order valence-electron chi connectivity index (χ1n) is 6.10. The fourth-order valence-corrected chi connectivity index (χ4v) is 1.55. The molecule has 2 N–H and O–H groups in total. The van der Waals surface area contributed by atoms with Crippen LogP contribution < -0.4 is 5.32 Å². The molecule has 0 aliphatic heterocycles. The number of carboxylic acid groups (broad SMARTS) is 1. The lowest BCUT2D eigenvalue weighted by Crippen LogP contribution is -2.26. The van der Waals surface area contributed by atoms with Crippen molar-refractivity contribution in [2.24, 2.45) is 5.92 Å². The highest BCUT2D eigenvalue weighted by Crippen LogP contribution is 2.09. The van der Waals surface area contributed by atoms with Gasteiger partial charge in [0.1, 0.15) is 11.5 Å². The minimum absolute atomic E-state index is 0.134. The van der Waals surface area contributed by atoms with Gasteiger partial charge in [-0.15, -0.1) is 0 Å². The molecule has 6 heteroatoms. The predicted octanol–water partition coefficient (Wildman–Crippen LogP) is 1.84. The summed E-state index contributed by atoms with van der Waals surface area (Å²) in [4.78, 5) is 25.7. The summed E-state index contributed by atoms with van der Waals surface area (Å²) < 4.78 is 12.6. The van der Waals surface area contributed by atoms with Crippen LogP contribution in [0.15, 0.2) is 18.3 Å². The first kappa shape index (κ1) is 15.1. The number of rotatable bonds is 7. The molecule has 1 rings (SSSR count). The molecule has 0 fully saturated rings. The Morgan fingerprint density at radius 2 is 2.16 bits per heavy atom. The van der Waals surface area contributed by atoms with E-state index in [0.717, 1.165) is 6.20 Å². The number of amides is 1.